The first kappa shape index (κ1) is 26.9. The number of rotatable bonds is 8. The molecule has 0 fully saturated rings. The first-order chi connectivity index (χ1) is 18.3. The van der Waals surface area contributed by atoms with E-state index in [2.05, 4.69) is 38.2 Å². The molecule has 4 nitrogen and oxygen atoms in total. The lowest BCUT2D eigenvalue weighted by Crippen LogP contribution is -2.52. The van der Waals surface area contributed by atoms with Gasteiger partial charge in [-0.1, -0.05) is 136 Å². The zero-order chi connectivity index (χ0) is 27.2. The Morgan fingerprint density at radius 2 is 1.08 bits per heavy atom. The fourth-order valence-electron chi connectivity index (χ4n) is 4.94. The molecule has 0 saturated carbocycles. The lowest BCUT2D eigenvalue weighted by molar-refractivity contribution is -0.145. The number of hydrogen-bond donors (Lipinski definition) is 1. The van der Waals surface area contributed by atoms with Crippen LogP contribution in [0.25, 0.3) is 0 Å². The van der Waals surface area contributed by atoms with Crippen LogP contribution in [-0.4, -0.2) is 25.0 Å². The zero-order valence-corrected chi connectivity index (χ0v) is 22.5. The van der Waals surface area contributed by atoms with E-state index in [1.165, 1.54) is 12.7 Å². The molecule has 0 aliphatic rings. The zero-order valence-electron chi connectivity index (χ0n) is 22.5. The Hall–Kier alpha value is -4.18. The molecular weight excluding hydrogens is 470 g/mol. The number of nitrogens with one attached hydrogen (secondary N) is 1. The van der Waals surface area contributed by atoms with E-state index in [1.54, 1.807) is 0 Å². The molecule has 0 saturated heterocycles. The van der Waals surface area contributed by atoms with Crippen molar-refractivity contribution >= 4 is 11.9 Å². The van der Waals surface area contributed by atoms with E-state index in [4.69, 9.17) is 4.74 Å². The van der Waals surface area contributed by atoms with Crippen molar-refractivity contribution in [2.45, 2.75) is 44.1 Å². The minimum Gasteiger partial charge on any atom is -0.467 e. The fraction of sp³-hybridized carbons (Fsp3) is 0.235. The largest absolute Gasteiger partial charge is 0.467 e. The molecule has 0 bridgehead atoms. The highest BCUT2D eigenvalue weighted by Crippen LogP contribution is 2.39. The summed E-state index contributed by atoms with van der Waals surface area (Å²) in [6, 6.07) is 36.4. The molecule has 4 rings (SSSR count). The van der Waals surface area contributed by atoms with Crippen LogP contribution in [0.3, 0.4) is 0 Å². The Labute approximate surface area is 225 Å². The summed E-state index contributed by atoms with van der Waals surface area (Å²) >= 11 is 0. The van der Waals surface area contributed by atoms with Gasteiger partial charge in [0.15, 0.2) is 0 Å². The summed E-state index contributed by atoms with van der Waals surface area (Å²) in [5.74, 6) is -0.774. The standard InChI is InChI=1S/C34H35NO3/c1-33(2,3)26-22-20-25(21-23-26)24-30(31(36)38-4)35-32(37)34(27-14-8-5-9-15-27,28-16-10-6-11-17-28)29-18-12-7-13-19-29/h5-23,30H,24H2,1-4H3,(H,35,37)/t30-/m1/s1. The van der Waals surface area contributed by atoms with Gasteiger partial charge >= 0.3 is 5.97 Å². The molecule has 1 N–H and O–H groups in total. The second kappa shape index (κ2) is 11.5. The molecule has 4 heteroatoms. The number of hydrogen-bond acceptors (Lipinski definition) is 3. The number of carbonyl (C=O) groups excluding carboxylic acids is 2. The van der Waals surface area contributed by atoms with E-state index in [-0.39, 0.29) is 11.3 Å². The van der Waals surface area contributed by atoms with Crippen molar-refractivity contribution in [1.29, 1.82) is 0 Å². The third-order valence-electron chi connectivity index (χ3n) is 7.01. The third-order valence-corrected chi connectivity index (χ3v) is 7.01. The SMILES string of the molecule is COC(=O)[C@@H](Cc1ccc(C(C)(C)C)cc1)NC(=O)C(c1ccccc1)(c1ccccc1)c1ccccc1. The van der Waals surface area contributed by atoms with Gasteiger partial charge in [0, 0.05) is 6.42 Å². The van der Waals surface area contributed by atoms with Crippen molar-refractivity contribution < 1.29 is 14.3 Å². The molecule has 0 aromatic heterocycles. The summed E-state index contributed by atoms with van der Waals surface area (Å²) in [6.07, 6.45) is 0.317. The molecule has 194 valence electrons. The number of amides is 1. The highest BCUT2D eigenvalue weighted by molar-refractivity contribution is 5.98. The quantitative estimate of drug-likeness (QED) is 0.229. The van der Waals surface area contributed by atoms with Gasteiger partial charge in [0.1, 0.15) is 11.5 Å². The first-order valence-electron chi connectivity index (χ1n) is 12.9. The van der Waals surface area contributed by atoms with Gasteiger partial charge in [0.05, 0.1) is 7.11 Å². The van der Waals surface area contributed by atoms with Crippen molar-refractivity contribution in [2.75, 3.05) is 7.11 Å². The average molecular weight is 506 g/mol. The molecule has 4 aromatic rings. The van der Waals surface area contributed by atoms with Crippen LogP contribution in [0.15, 0.2) is 115 Å². The lowest BCUT2D eigenvalue weighted by atomic mass is 9.68. The fourth-order valence-corrected chi connectivity index (χ4v) is 4.94. The van der Waals surface area contributed by atoms with Crippen LogP contribution in [-0.2, 0) is 31.6 Å². The minimum absolute atomic E-state index is 0.0230. The van der Waals surface area contributed by atoms with E-state index in [1.807, 2.05) is 103 Å². The molecular formula is C34H35NO3. The summed E-state index contributed by atoms with van der Waals surface area (Å²) in [5.41, 5.74) is 3.44. The number of esters is 1. The van der Waals surface area contributed by atoms with Crippen molar-refractivity contribution in [2.24, 2.45) is 0 Å². The lowest BCUT2D eigenvalue weighted by Gasteiger charge is -2.35. The molecule has 4 aromatic carbocycles. The summed E-state index contributed by atoms with van der Waals surface area (Å²) in [6.45, 7) is 6.49. The van der Waals surface area contributed by atoms with Gasteiger partial charge in [-0.25, -0.2) is 4.79 Å². The Morgan fingerprint density at radius 3 is 1.45 bits per heavy atom. The van der Waals surface area contributed by atoms with Gasteiger partial charge < -0.3 is 10.1 Å². The predicted octanol–water partition coefficient (Wildman–Crippen LogP) is 6.22. The Kier molecular flexibility index (Phi) is 8.11. The van der Waals surface area contributed by atoms with Gasteiger partial charge in [-0.05, 0) is 33.2 Å². The summed E-state index contributed by atoms with van der Waals surface area (Å²) in [5, 5.41) is 3.08. The highest BCUT2D eigenvalue weighted by Gasteiger charge is 2.45. The van der Waals surface area contributed by atoms with Gasteiger partial charge in [0.25, 0.3) is 0 Å². The minimum atomic E-state index is -1.17. The number of benzene rings is 4. The summed E-state index contributed by atoms with van der Waals surface area (Å²) < 4.78 is 5.14. The van der Waals surface area contributed by atoms with E-state index < -0.39 is 17.4 Å². The van der Waals surface area contributed by atoms with Crippen LogP contribution < -0.4 is 5.32 Å². The normalized spacial score (nSPS) is 12.4. The van der Waals surface area contributed by atoms with Gasteiger partial charge in [-0.15, -0.1) is 0 Å². The van der Waals surface area contributed by atoms with Crippen LogP contribution >= 0.6 is 0 Å². The molecule has 0 heterocycles. The van der Waals surface area contributed by atoms with Crippen molar-refractivity contribution in [1.82, 2.24) is 5.32 Å². The average Bonchev–Trinajstić information content (AvgIpc) is 2.94. The van der Waals surface area contributed by atoms with E-state index in [0.29, 0.717) is 6.42 Å². The van der Waals surface area contributed by atoms with Crippen molar-refractivity contribution in [3.63, 3.8) is 0 Å². The van der Waals surface area contributed by atoms with Crippen LogP contribution in [0.1, 0.15) is 48.6 Å². The van der Waals surface area contributed by atoms with Gasteiger partial charge in [-0.3, -0.25) is 4.79 Å². The monoisotopic (exact) mass is 505 g/mol. The van der Waals surface area contributed by atoms with Crippen molar-refractivity contribution in [3.8, 4) is 0 Å². The van der Waals surface area contributed by atoms with Crippen molar-refractivity contribution in [3.05, 3.63) is 143 Å². The van der Waals surface area contributed by atoms with Crippen LogP contribution in [0.2, 0.25) is 0 Å². The number of ether oxygens (including phenoxy) is 1. The van der Waals surface area contributed by atoms with E-state index in [0.717, 1.165) is 22.3 Å². The summed E-state index contributed by atoms with van der Waals surface area (Å²) in [4.78, 5) is 27.5. The highest BCUT2D eigenvalue weighted by atomic mass is 16.5. The van der Waals surface area contributed by atoms with Crippen LogP contribution in [0.5, 0.6) is 0 Å². The second-order valence-electron chi connectivity index (χ2n) is 10.5. The smallest absolute Gasteiger partial charge is 0.328 e. The van der Waals surface area contributed by atoms with Gasteiger partial charge in [0.2, 0.25) is 5.91 Å². The summed E-state index contributed by atoms with van der Waals surface area (Å²) in [7, 11) is 1.35. The topological polar surface area (TPSA) is 55.4 Å². The Balaban J connectivity index is 1.79. The van der Waals surface area contributed by atoms with E-state index >= 15 is 0 Å². The Bertz CT molecular complexity index is 1250. The molecule has 0 radical (unpaired) electrons. The van der Waals surface area contributed by atoms with E-state index in [9.17, 15) is 9.59 Å². The number of carbonyl (C=O) groups is 2. The second-order valence-corrected chi connectivity index (χ2v) is 10.5. The maximum Gasteiger partial charge on any atom is 0.328 e. The molecule has 1 amide bonds. The number of methoxy groups -OCH3 is 1. The molecule has 0 unspecified atom stereocenters. The Morgan fingerprint density at radius 1 is 0.658 bits per heavy atom. The maximum atomic E-state index is 14.6. The third kappa shape index (κ3) is 5.55. The molecule has 0 spiro atoms. The maximum absolute atomic E-state index is 14.6. The van der Waals surface area contributed by atoms with Gasteiger partial charge in [-0.2, -0.15) is 0 Å². The predicted molar refractivity (Wildman–Crippen MR) is 152 cm³/mol. The molecule has 0 aliphatic carbocycles. The van der Waals surface area contributed by atoms with Crippen LogP contribution in [0.4, 0.5) is 0 Å². The molecule has 38 heavy (non-hydrogen) atoms. The van der Waals surface area contributed by atoms with Crippen LogP contribution in [0, 0.1) is 0 Å². The first-order valence-corrected chi connectivity index (χ1v) is 12.9. The molecule has 1 atom stereocenters. The molecule has 0 aliphatic heterocycles.